The lowest BCUT2D eigenvalue weighted by molar-refractivity contribution is -0.138. The van der Waals surface area contributed by atoms with Crippen LogP contribution in [-0.4, -0.2) is 19.8 Å². The van der Waals surface area contributed by atoms with Gasteiger partial charge in [0.1, 0.15) is 0 Å². The lowest BCUT2D eigenvalue weighted by Gasteiger charge is -2.15. The molecule has 1 aromatic carbocycles. The first-order valence-corrected chi connectivity index (χ1v) is 8.83. The fourth-order valence-corrected chi connectivity index (χ4v) is 4.33. The Labute approximate surface area is 130 Å². The highest BCUT2D eigenvalue weighted by molar-refractivity contribution is 9.09. The van der Waals surface area contributed by atoms with Crippen molar-refractivity contribution < 1.29 is 21.6 Å². The van der Waals surface area contributed by atoms with Crippen LogP contribution in [0.4, 0.5) is 13.2 Å². The first kappa shape index (κ1) is 16.8. The van der Waals surface area contributed by atoms with Crippen molar-refractivity contribution in [2.45, 2.75) is 35.7 Å². The van der Waals surface area contributed by atoms with Gasteiger partial charge in [0, 0.05) is 11.4 Å². The molecule has 1 aliphatic rings. The van der Waals surface area contributed by atoms with Gasteiger partial charge < -0.3 is 0 Å². The van der Waals surface area contributed by atoms with Gasteiger partial charge in [0.2, 0.25) is 10.0 Å². The van der Waals surface area contributed by atoms with Crippen molar-refractivity contribution in [1.29, 1.82) is 0 Å². The van der Waals surface area contributed by atoms with Gasteiger partial charge in [0.15, 0.2) is 0 Å². The number of hydrogen-bond acceptors (Lipinski definition) is 2. The molecule has 1 unspecified atom stereocenters. The van der Waals surface area contributed by atoms with Crippen molar-refractivity contribution in [2.24, 2.45) is 5.92 Å². The zero-order chi connectivity index (χ0) is 15.8. The van der Waals surface area contributed by atoms with Crippen molar-refractivity contribution in [2.75, 3.05) is 6.54 Å². The lowest BCUT2D eigenvalue weighted by Crippen LogP contribution is -2.31. The van der Waals surface area contributed by atoms with Crippen molar-refractivity contribution >= 4 is 26.0 Å². The molecule has 0 amide bonds. The van der Waals surface area contributed by atoms with E-state index in [2.05, 4.69) is 20.7 Å². The number of benzene rings is 1. The Morgan fingerprint density at radius 1 is 1.38 bits per heavy atom. The average molecular weight is 386 g/mol. The molecule has 0 aromatic heterocycles. The van der Waals surface area contributed by atoms with Crippen LogP contribution < -0.4 is 4.72 Å². The largest absolute Gasteiger partial charge is 0.416 e. The fourth-order valence-electron chi connectivity index (χ4n) is 2.10. The van der Waals surface area contributed by atoms with Crippen LogP contribution in [0.1, 0.15) is 24.0 Å². The third kappa shape index (κ3) is 3.98. The van der Waals surface area contributed by atoms with E-state index < -0.39 is 21.8 Å². The van der Waals surface area contributed by atoms with E-state index in [9.17, 15) is 21.6 Å². The molecule has 1 aromatic rings. The summed E-state index contributed by atoms with van der Waals surface area (Å²) >= 11 is 3.39. The summed E-state index contributed by atoms with van der Waals surface area (Å²) in [6.45, 7) is 1.34. The molecule has 3 nitrogen and oxygen atoms in total. The van der Waals surface area contributed by atoms with Crippen molar-refractivity contribution in [3.05, 3.63) is 29.3 Å². The van der Waals surface area contributed by atoms with Gasteiger partial charge in [-0.1, -0.05) is 22.0 Å². The predicted molar refractivity (Wildman–Crippen MR) is 76.8 cm³/mol. The molecule has 1 N–H and O–H groups in total. The number of rotatable bonds is 5. The van der Waals surface area contributed by atoms with Gasteiger partial charge in [-0.2, -0.15) is 13.2 Å². The monoisotopic (exact) mass is 385 g/mol. The molecule has 0 spiro atoms. The van der Waals surface area contributed by atoms with Crippen LogP contribution in [-0.2, 0) is 16.2 Å². The molecule has 0 saturated heterocycles. The van der Waals surface area contributed by atoms with E-state index in [-0.39, 0.29) is 21.8 Å². The summed E-state index contributed by atoms with van der Waals surface area (Å²) in [5.74, 6) is 0.440. The van der Waals surface area contributed by atoms with Crippen molar-refractivity contribution in [3.8, 4) is 0 Å². The summed E-state index contributed by atoms with van der Waals surface area (Å²) in [6, 6.07) is 3.18. The molecule has 21 heavy (non-hydrogen) atoms. The zero-order valence-corrected chi connectivity index (χ0v) is 13.6. The second-order valence-corrected chi connectivity index (χ2v) is 8.04. The molecule has 0 bridgehead atoms. The smallest absolute Gasteiger partial charge is 0.210 e. The van der Waals surface area contributed by atoms with Crippen molar-refractivity contribution in [1.82, 2.24) is 4.72 Å². The van der Waals surface area contributed by atoms with Gasteiger partial charge in [-0.3, -0.25) is 0 Å². The summed E-state index contributed by atoms with van der Waals surface area (Å²) in [7, 11) is -3.95. The number of halogens is 4. The molecule has 2 rings (SSSR count). The van der Waals surface area contributed by atoms with Crippen LogP contribution in [0, 0.1) is 12.8 Å². The second-order valence-electron chi connectivity index (χ2n) is 5.13. The summed E-state index contributed by atoms with van der Waals surface area (Å²) in [6.07, 6.45) is -2.48. The Morgan fingerprint density at radius 2 is 2.00 bits per heavy atom. The van der Waals surface area contributed by atoms with Gasteiger partial charge in [0.25, 0.3) is 0 Å². The third-order valence-electron chi connectivity index (χ3n) is 3.48. The molecule has 1 fully saturated rings. The maximum Gasteiger partial charge on any atom is 0.416 e. The Bertz CT molecular complexity index is 627. The van der Waals surface area contributed by atoms with Crippen molar-refractivity contribution in [3.63, 3.8) is 0 Å². The maximum absolute atomic E-state index is 12.8. The Kier molecular flexibility index (Phi) is 4.70. The first-order valence-electron chi connectivity index (χ1n) is 6.43. The molecule has 118 valence electrons. The Hall–Kier alpha value is -0.600. The third-order valence-corrected chi connectivity index (χ3v) is 6.12. The van der Waals surface area contributed by atoms with E-state index in [1.54, 1.807) is 0 Å². The zero-order valence-electron chi connectivity index (χ0n) is 11.2. The van der Waals surface area contributed by atoms with Crippen LogP contribution in [0.3, 0.4) is 0 Å². The van der Waals surface area contributed by atoms with Crippen LogP contribution >= 0.6 is 15.9 Å². The van der Waals surface area contributed by atoms with E-state index >= 15 is 0 Å². The molecular formula is C13H15BrF3NO2S. The van der Waals surface area contributed by atoms with E-state index in [0.717, 1.165) is 25.0 Å². The summed E-state index contributed by atoms with van der Waals surface area (Å²) in [5, 5.41) is 0. The minimum absolute atomic E-state index is 0.0124. The Morgan fingerprint density at radius 3 is 2.52 bits per heavy atom. The minimum atomic E-state index is -4.57. The van der Waals surface area contributed by atoms with Crippen LogP contribution in [0.2, 0.25) is 0 Å². The highest BCUT2D eigenvalue weighted by atomic mass is 79.9. The quantitative estimate of drug-likeness (QED) is 0.788. The van der Waals surface area contributed by atoms with E-state index in [0.29, 0.717) is 5.92 Å². The van der Waals surface area contributed by atoms with Gasteiger partial charge >= 0.3 is 6.18 Å². The first-order chi connectivity index (χ1) is 9.63. The average Bonchev–Trinajstić information content (AvgIpc) is 3.19. The SMILES string of the molecule is Cc1c(C(F)(F)F)cccc1S(=O)(=O)NCC(Br)C1CC1. The molecular weight excluding hydrogens is 371 g/mol. The summed E-state index contributed by atoms with van der Waals surface area (Å²) in [5.41, 5.74) is -1.21. The molecule has 1 saturated carbocycles. The lowest BCUT2D eigenvalue weighted by atomic mass is 10.1. The summed E-state index contributed by atoms with van der Waals surface area (Å²) in [4.78, 5) is -0.314. The molecule has 1 atom stereocenters. The molecule has 0 radical (unpaired) electrons. The molecule has 0 heterocycles. The minimum Gasteiger partial charge on any atom is -0.210 e. The molecule has 0 aliphatic heterocycles. The normalized spacial score (nSPS) is 17.8. The number of nitrogens with one attached hydrogen (secondary N) is 1. The maximum atomic E-state index is 12.8. The topological polar surface area (TPSA) is 46.2 Å². The van der Waals surface area contributed by atoms with Gasteiger partial charge in [0.05, 0.1) is 10.5 Å². The standard InChI is InChI=1S/C13H15BrF3NO2S/c1-8-10(13(15,16)17)3-2-4-12(8)21(19,20)18-7-11(14)9-5-6-9/h2-4,9,11,18H,5-7H2,1H3. The van der Waals surface area contributed by atoms with Crippen LogP contribution in [0.15, 0.2) is 23.1 Å². The molecule has 8 heteroatoms. The highest BCUT2D eigenvalue weighted by Gasteiger charge is 2.35. The number of alkyl halides is 4. The molecule has 1 aliphatic carbocycles. The van der Waals surface area contributed by atoms with Gasteiger partial charge in [-0.05, 0) is 43.4 Å². The predicted octanol–water partition coefficient (Wildman–Crippen LogP) is 3.47. The van der Waals surface area contributed by atoms with Gasteiger partial charge in [-0.25, -0.2) is 13.1 Å². The highest BCUT2D eigenvalue weighted by Crippen LogP contribution is 2.37. The fraction of sp³-hybridized carbons (Fsp3) is 0.538. The number of hydrogen-bond donors (Lipinski definition) is 1. The van der Waals surface area contributed by atoms with E-state index in [1.165, 1.54) is 13.0 Å². The second kappa shape index (κ2) is 5.89. The Balaban J connectivity index is 2.23. The summed E-state index contributed by atoms with van der Waals surface area (Å²) < 4.78 is 65.2. The van der Waals surface area contributed by atoms with E-state index in [1.807, 2.05) is 0 Å². The van der Waals surface area contributed by atoms with Crippen LogP contribution in [0.5, 0.6) is 0 Å². The van der Waals surface area contributed by atoms with Gasteiger partial charge in [-0.15, -0.1) is 0 Å². The number of sulfonamides is 1. The van der Waals surface area contributed by atoms with E-state index in [4.69, 9.17) is 0 Å². The van der Waals surface area contributed by atoms with Crippen LogP contribution in [0.25, 0.3) is 0 Å².